The van der Waals surface area contributed by atoms with Gasteiger partial charge in [0.2, 0.25) is 0 Å². The van der Waals surface area contributed by atoms with Gasteiger partial charge in [-0.15, -0.1) is 0 Å². The third-order valence-electron chi connectivity index (χ3n) is 6.16. The maximum absolute atomic E-state index is 12.8. The molecule has 2 aromatic rings. The normalized spacial score (nSPS) is 31.3. The minimum Gasteiger partial charge on any atom is -0.365 e. The van der Waals surface area contributed by atoms with Crippen LogP contribution in [0, 0.1) is 23.2 Å². The summed E-state index contributed by atoms with van der Waals surface area (Å²) < 4.78 is 5.97. The fraction of sp³-hybridized carbons (Fsp3) is 0.476. The van der Waals surface area contributed by atoms with Crippen LogP contribution in [-0.4, -0.2) is 55.3 Å². The minimum absolute atomic E-state index is 0.0213. The van der Waals surface area contributed by atoms with Crippen molar-refractivity contribution in [3.8, 4) is 6.07 Å². The lowest BCUT2D eigenvalue weighted by Crippen LogP contribution is -2.53. The second kappa shape index (κ2) is 6.73. The lowest BCUT2D eigenvalue weighted by Gasteiger charge is -2.38. The molecule has 2 aliphatic heterocycles. The molecule has 28 heavy (non-hydrogen) atoms. The van der Waals surface area contributed by atoms with Crippen molar-refractivity contribution < 1.29 is 9.53 Å². The summed E-state index contributed by atoms with van der Waals surface area (Å²) in [6.45, 7) is 5.17. The molecule has 7 nitrogen and oxygen atoms in total. The first-order valence-electron chi connectivity index (χ1n) is 9.85. The standard InChI is InChI=1S/C21H23N5O2/c1-12-10-26(17-5-4-13(7-22)19-14(17)3-2-6-24-19)11-18(28-12)21(27)25-20-15-8-23-9-16(15)20/h2-6,12,15-16,18,20,23H,8-11H2,1H3,(H,25,27)/t12?,15-,16-,18?/m0/s1. The highest BCUT2D eigenvalue weighted by atomic mass is 16.5. The number of rotatable bonds is 3. The highest BCUT2D eigenvalue weighted by Crippen LogP contribution is 2.41. The molecule has 7 heteroatoms. The van der Waals surface area contributed by atoms with Gasteiger partial charge in [-0.25, -0.2) is 0 Å². The first-order valence-corrected chi connectivity index (χ1v) is 9.85. The van der Waals surface area contributed by atoms with Crippen LogP contribution >= 0.6 is 0 Å². The Balaban J connectivity index is 1.38. The van der Waals surface area contributed by atoms with E-state index in [0.29, 0.717) is 42.0 Å². The van der Waals surface area contributed by atoms with Gasteiger partial charge in [0.15, 0.2) is 6.10 Å². The fourth-order valence-corrected chi connectivity index (χ4v) is 4.71. The van der Waals surface area contributed by atoms with Crippen LogP contribution in [-0.2, 0) is 9.53 Å². The van der Waals surface area contributed by atoms with Crippen LogP contribution in [0.25, 0.3) is 10.9 Å². The number of amides is 1. The van der Waals surface area contributed by atoms with E-state index in [2.05, 4.69) is 26.6 Å². The molecule has 5 rings (SSSR count). The Hall–Kier alpha value is -2.69. The van der Waals surface area contributed by atoms with Crippen LogP contribution in [0.2, 0.25) is 0 Å². The first kappa shape index (κ1) is 17.4. The van der Waals surface area contributed by atoms with Crippen LogP contribution in [0.4, 0.5) is 5.69 Å². The number of benzene rings is 1. The Bertz CT molecular complexity index is 961. The van der Waals surface area contributed by atoms with Gasteiger partial charge in [-0.1, -0.05) is 0 Å². The number of nitrogens with one attached hydrogen (secondary N) is 2. The Kier molecular flexibility index (Phi) is 4.18. The molecule has 3 fully saturated rings. The van der Waals surface area contributed by atoms with Crippen LogP contribution in [0.3, 0.4) is 0 Å². The summed E-state index contributed by atoms with van der Waals surface area (Å²) >= 11 is 0. The number of nitrogens with zero attached hydrogens (tertiary/aromatic N) is 3. The number of ether oxygens (including phenoxy) is 1. The molecule has 0 radical (unpaired) electrons. The Morgan fingerprint density at radius 2 is 2.14 bits per heavy atom. The van der Waals surface area contributed by atoms with Crippen molar-refractivity contribution in [3.05, 3.63) is 36.0 Å². The van der Waals surface area contributed by atoms with Gasteiger partial charge in [0.1, 0.15) is 6.07 Å². The highest BCUT2D eigenvalue weighted by molar-refractivity contribution is 5.95. The van der Waals surface area contributed by atoms with Gasteiger partial charge in [-0.2, -0.15) is 5.26 Å². The summed E-state index contributed by atoms with van der Waals surface area (Å²) in [5.74, 6) is 1.14. The van der Waals surface area contributed by atoms with Crippen molar-refractivity contribution in [2.45, 2.75) is 25.2 Å². The van der Waals surface area contributed by atoms with Gasteiger partial charge < -0.3 is 20.3 Å². The summed E-state index contributed by atoms with van der Waals surface area (Å²) in [4.78, 5) is 19.4. The van der Waals surface area contributed by atoms with Gasteiger partial charge in [-0.3, -0.25) is 9.78 Å². The number of morpholine rings is 1. The molecule has 1 aromatic carbocycles. The Labute approximate surface area is 163 Å². The number of carbonyl (C=O) groups excluding carboxylic acids is 1. The number of piperidine rings is 1. The lowest BCUT2D eigenvalue weighted by molar-refractivity contribution is -0.137. The topological polar surface area (TPSA) is 90.3 Å². The van der Waals surface area contributed by atoms with Crippen molar-refractivity contribution >= 4 is 22.5 Å². The number of aromatic nitrogens is 1. The molecule has 4 atom stereocenters. The third-order valence-corrected chi connectivity index (χ3v) is 6.16. The average Bonchev–Trinajstić information content (AvgIpc) is 3.12. The van der Waals surface area contributed by atoms with Crippen LogP contribution in [0.15, 0.2) is 30.5 Å². The van der Waals surface area contributed by atoms with Crippen LogP contribution in [0.1, 0.15) is 12.5 Å². The van der Waals surface area contributed by atoms with Crippen LogP contribution < -0.4 is 15.5 Å². The maximum Gasteiger partial charge on any atom is 0.251 e. The summed E-state index contributed by atoms with van der Waals surface area (Å²) in [6.07, 6.45) is 1.14. The predicted molar refractivity (Wildman–Crippen MR) is 105 cm³/mol. The number of fused-ring (bicyclic) bond motifs is 2. The summed E-state index contributed by atoms with van der Waals surface area (Å²) in [6, 6.07) is 10.1. The molecule has 3 aliphatic rings. The number of nitriles is 1. The van der Waals surface area contributed by atoms with Gasteiger partial charge in [0, 0.05) is 42.9 Å². The van der Waals surface area contributed by atoms with Gasteiger partial charge in [0.25, 0.3) is 5.91 Å². The SMILES string of the molecule is CC1CN(c2ccc(C#N)c3ncccc23)CC(C(=O)NC2[C@H]3CNC[C@H]23)O1. The number of pyridine rings is 1. The van der Waals surface area contributed by atoms with Crippen molar-refractivity contribution in [1.82, 2.24) is 15.6 Å². The second-order valence-electron chi connectivity index (χ2n) is 8.00. The molecule has 2 unspecified atom stereocenters. The molecule has 1 aromatic heterocycles. The van der Waals surface area contributed by atoms with E-state index in [1.807, 2.05) is 25.1 Å². The lowest BCUT2D eigenvalue weighted by atomic mass is 10.1. The third kappa shape index (κ3) is 2.89. The zero-order chi connectivity index (χ0) is 19.3. The molecular weight excluding hydrogens is 354 g/mol. The van der Waals surface area contributed by atoms with Gasteiger partial charge >= 0.3 is 0 Å². The molecule has 0 bridgehead atoms. The largest absolute Gasteiger partial charge is 0.365 e. The average molecular weight is 377 g/mol. The number of hydrogen-bond acceptors (Lipinski definition) is 6. The second-order valence-corrected chi connectivity index (χ2v) is 8.00. The summed E-state index contributed by atoms with van der Waals surface area (Å²) in [5, 5.41) is 16.8. The van der Waals surface area contributed by atoms with E-state index in [1.165, 1.54) is 0 Å². The van der Waals surface area contributed by atoms with E-state index in [4.69, 9.17) is 4.74 Å². The van der Waals surface area contributed by atoms with E-state index >= 15 is 0 Å². The fourth-order valence-electron chi connectivity index (χ4n) is 4.71. The van der Waals surface area contributed by atoms with E-state index in [0.717, 1.165) is 24.2 Å². The zero-order valence-corrected chi connectivity index (χ0v) is 15.8. The van der Waals surface area contributed by atoms with Crippen molar-refractivity contribution in [2.75, 3.05) is 31.1 Å². The van der Waals surface area contributed by atoms with E-state index < -0.39 is 6.10 Å². The Morgan fingerprint density at radius 3 is 2.93 bits per heavy atom. The molecule has 2 saturated heterocycles. The molecule has 3 heterocycles. The van der Waals surface area contributed by atoms with E-state index in [1.54, 1.807) is 12.3 Å². The molecule has 1 saturated carbocycles. The van der Waals surface area contributed by atoms with Crippen molar-refractivity contribution in [2.24, 2.45) is 11.8 Å². The van der Waals surface area contributed by atoms with Gasteiger partial charge in [0.05, 0.1) is 23.7 Å². The van der Waals surface area contributed by atoms with Gasteiger partial charge in [-0.05, 0) is 43.0 Å². The number of anilines is 1. The summed E-state index contributed by atoms with van der Waals surface area (Å²) in [5.41, 5.74) is 2.24. The Morgan fingerprint density at radius 1 is 1.32 bits per heavy atom. The highest BCUT2D eigenvalue weighted by Gasteiger charge is 2.54. The minimum atomic E-state index is -0.500. The smallest absolute Gasteiger partial charge is 0.251 e. The molecule has 0 spiro atoms. The quantitative estimate of drug-likeness (QED) is 0.831. The van der Waals surface area contributed by atoms with Crippen LogP contribution in [0.5, 0.6) is 0 Å². The molecule has 1 aliphatic carbocycles. The summed E-state index contributed by atoms with van der Waals surface area (Å²) in [7, 11) is 0. The number of carbonyl (C=O) groups is 1. The molecular formula is C21H23N5O2. The molecule has 144 valence electrons. The first-order chi connectivity index (χ1) is 13.7. The molecule has 1 amide bonds. The van der Waals surface area contributed by atoms with Crippen molar-refractivity contribution in [3.63, 3.8) is 0 Å². The van der Waals surface area contributed by atoms with E-state index in [9.17, 15) is 10.1 Å². The van der Waals surface area contributed by atoms with E-state index in [-0.39, 0.29) is 12.0 Å². The monoisotopic (exact) mass is 377 g/mol. The maximum atomic E-state index is 12.8. The van der Waals surface area contributed by atoms with Crippen molar-refractivity contribution in [1.29, 1.82) is 5.26 Å². The predicted octanol–water partition coefficient (Wildman–Crippen LogP) is 1.03. The zero-order valence-electron chi connectivity index (χ0n) is 15.8. The molecule has 2 N–H and O–H groups in total. The number of hydrogen-bond donors (Lipinski definition) is 2.